The zero-order valence-electron chi connectivity index (χ0n) is 12.9. The Morgan fingerprint density at radius 3 is 2.35 bits per heavy atom. The van der Waals surface area contributed by atoms with Gasteiger partial charge in [0.15, 0.2) is 0 Å². The summed E-state index contributed by atoms with van der Waals surface area (Å²) in [4.78, 5) is 0. The summed E-state index contributed by atoms with van der Waals surface area (Å²) in [5.41, 5.74) is 7.44. The molecule has 0 heterocycles. The molecule has 20 heavy (non-hydrogen) atoms. The number of benzene rings is 1. The molecular formula is C17H27NO2. The summed E-state index contributed by atoms with van der Waals surface area (Å²) in [5, 5.41) is 0. The topological polar surface area (TPSA) is 44.5 Å². The first kappa shape index (κ1) is 15.3. The number of methoxy groups -OCH3 is 1. The van der Waals surface area contributed by atoms with E-state index in [2.05, 4.69) is 19.1 Å². The van der Waals surface area contributed by atoms with Crippen molar-refractivity contribution >= 4 is 0 Å². The van der Waals surface area contributed by atoms with Gasteiger partial charge in [-0.3, -0.25) is 0 Å². The van der Waals surface area contributed by atoms with Crippen LogP contribution in [-0.4, -0.2) is 19.3 Å². The zero-order valence-corrected chi connectivity index (χ0v) is 12.9. The molecule has 1 aliphatic rings. The Kier molecular flexibility index (Phi) is 5.06. The molecule has 1 aliphatic carbocycles. The van der Waals surface area contributed by atoms with Crippen LogP contribution in [0.5, 0.6) is 5.75 Å². The van der Waals surface area contributed by atoms with Crippen LogP contribution in [0.1, 0.15) is 51.1 Å². The second-order valence-electron chi connectivity index (χ2n) is 5.93. The summed E-state index contributed by atoms with van der Waals surface area (Å²) in [6.07, 6.45) is 4.47. The Morgan fingerprint density at radius 2 is 1.85 bits per heavy atom. The maximum atomic E-state index is 6.52. The third-order valence-electron chi connectivity index (χ3n) is 4.64. The number of rotatable bonds is 5. The molecule has 0 bridgehead atoms. The molecule has 0 aliphatic heterocycles. The van der Waals surface area contributed by atoms with E-state index < -0.39 is 0 Å². The van der Waals surface area contributed by atoms with Crippen LogP contribution in [0.2, 0.25) is 0 Å². The molecule has 0 radical (unpaired) electrons. The third kappa shape index (κ3) is 3.15. The van der Waals surface area contributed by atoms with Gasteiger partial charge in [-0.15, -0.1) is 0 Å². The average Bonchev–Trinajstić information content (AvgIpc) is 2.49. The van der Waals surface area contributed by atoms with Gasteiger partial charge in [-0.05, 0) is 56.2 Å². The first-order chi connectivity index (χ1) is 9.61. The molecule has 112 valence electrons. The number of hydrogen-bond acceptors (Lipinski definition) is 3. The van der Waals surface area contributed by atoms with Crippen LogP contribution in [-0.2, 0) is 4.74 Å². The van der Waals surface area contributed by atoms with Crippen molar-refractivity contribution in [2.75, 3.05) is 13.7 Å². The Hall–Kier alpha value is -1.06. The second-order valence-corrected chi connectivity index (χ2v) is 5.93. The van der Waals surface area contributed by atoms with Crippen molar-refractivity contribution < 1.29 is 9.47 Å². The first-order valence-corrected chi connectivity index (χ1v) is 7.65. The van der Waals surface area contributed by atoms with E-state index in [1.54, 1.807) is 7.11 Å². The Balaban J connectivity index is 2.13. The number of hydrogen-bond donors (Lipinski definition) is 1. The van der Waals surface area contributed by atoms with Crippen molar-refractivity contribution in [2.45, 2.75) is 51.2 Å². The molecule has 0 spiro atoms. The Labute approximate surface area is 122 Å². The number of nitrogens with two attached hydrogens (primary N) is 1. The lowest BCUT2D eigenvalue weighted by atomic mass is 9.74. The summed E-state index contributed by atoms with van der Waals surface area (Å²) in [7, 11) is 1.80. The molecule has 1 aromatic carbocycles. The van der Waals surface area contributed by atoms with E-state index in [9.17, 15) is 0 Å². The van der Waals surface area contributed by atoms with Gasteiger partial charge < -0.3 is 15.2 Å². The normalized spacial score (nSPS) is 28.1. The average molecular weight is 277 g/mol. The monoisotopic (exact) mass is 277 g/mol. The number of ether oxygens (including phenoxy) is 2. The molecule has 2 N–H and O–H groups in total. The van der Waals surface area contributed by atoms with Gasteiger partial charge in [-0.25, -0.2) is 0 Å². The molecule has 2 rings (SSSR count). The van der Waals surface area contributed by atoms with E-state index in [1.165, 1.54) is 12.8 Å². The fourth-order valence-electron chi connectivity index (χ4n) is 3.13. The second kappa shape index (κ2) is 6.59. The molecule has 0 saturated heterocycles. The summed E-state index contributed by atoms with van der Waals surface area (Å²) in [6.45, 7) is 4.98. The third-order valence-corrected chi connectivity index (χ3v) is 4.64. The Morgan fingerprint density at radius 1 is 1.25 bits per heavy atom. The lowest BCUT2D eigenvalue weighted by Gasteiger charge is -2.42. The maximum absolute atomic E-state index is 6.52. The maximum Gasteiger partial charge on any atom is 0.119 e. The first-order valence-electron chi connectivity index (χ1n) is 7.65. The van der Waals surface area contributed by atoms with Crippen molar-refractivity contribution in [3.05, 3.63) is 29.8 Å². The van der Waals surface area contributed by atoms with E-state index >= 15 is 0 Å². The van der Waals surface area contributed by atoms with Crippen molar-refractivity contribution in [1.82, 2.24) is 0 Å². The highest BCUT2D eigenvalue weighted by Crippen LogP contribution is 2.41. The van der Waals surface area contributed by atoms with Gasteiger partial charge in [0, 0.05) is 7.11 Å². The van der Waals surface area contributed by atoms with Gasteiger partial charge in [-0.1, -0.05) is 19.1 Å². The summed E-state index contributed by atoms with van der Waals surface area (Å²) >= 11 is 0. The highest BCUT2D eigenvalue weighted by molar-refractivity contribution is 5.30. The van der Waals surface area contributed by atoms with Gasteiger partial charge >= 0.3 is 0 Å². The predicted octanol–water partition coefficient (Wildman–Crippen LogP) is 3.68. The standard InChI is InChI=1S/C17H27NO2/c1-4-20-15-7-5-14(6-8-15)16(18)17(19-3)11-9-13(2)10-12-17/h5-8,13,16H,4,9-12,18H2,1-3H3. The van der Waals surface area contributed by atoms with Gasteiger partial charge in [0.2, 0.25) is 0 Å². The highest BCUT2D eigenvalue weighted by Gasteiger charge is 2.40. The van der Waals surface area contributed by atoms with Crippen LogP contribution in [0.25, 0.3) is 0 Å². The van der Waals surface area contributed by atoms with E-state index in [0.29, 0.717) is 6.61 Å². The minimum atomic E-state index is -0.209. The molecule has 0 amide bonds. The van der Waals surface area contributed by atoms with Crippen molar-refractivity contribution in [3.63, 3.8) is 0 Å². The van der Waals surface area contributed by atoms with Crippen LogP contribution in [0, 0.1) is 5.92 Å². The molecule has 1 aromatic rings. The van der Waals surface area contributed by atoms with Gasteiger partial charge in [0.25, 0.3) is 0 Å². The van der Waals surface area contributed by atoms with Crippen molar-refractivity contribution in [1.29, 1.82) is 0 Å². The molecule has 1 fully saturated rings. The van der Waals surface area contributed by atoms with Crippen LogP contribution >= 0.6 is 0 Å². The zero-order chi connectivity index (χ0) is 14.6. The molecule has 0 aromatic heterocycles. The SMILES string of the molecule is CCOc1ccc(C(N)C2(OC)CCC(C)CC2)cc1. The van der Waals surface area contributed by atoms with Crippen LogP contribution in [0.3, 0.4) is 0 Å². The van der Waals surface area contributed by atoms with Crippen LogP contribution in [0.4, 0.5) is 0 Å². The summed E-state index contributed by atoms with van der Waals surface area (Å²) < 4.78 is 11.3. The summed E-state index contributed by atoms with van der Waals surface area (Å²) in [6, 6.07) is 8.04. The quantitative estimate of drug-likeness (QED) is 0.893. The van der Waals surface area contributed by atoms with Crippen LogP contribution in [0.15, 0.2) is 24.3 Å². The fourth-order valence-corrected chi connectivity index (χ4v) is 3.13. The lowest BCUT2D eigenvalue weighted by molar-refractivity contribution is -0.0672. The van der Waals surface area contributed by atoms with E-state index in [-0.39, 0.29) is 11.6 Å². The molecule has 1 atom stereocenters. The summed E-state index contributed by atoms with van der Waals surface area (Å²) in [5.74, 6) is 1.68. The lowest BCUT2D eigenvalue weighted by Crippen LogP contribution is -2.45. The Bertz CT molecular complexity index is 408. The van der Waals surface area contributed by atoms with Gasteiger partial charge in [0.05, 0.1) is 18.2 Å². The largest absolute Gasteiger partial charge is 0.494 e. The molecule has 3 heteroatoms. The van der Waals surface area contributed by atoms with Gasteiger partial charge in [0.1, 0.15) is 5.75 Å². The van der Waals surface area contributed by atoms with Gasteiger partial charge in [-0.2, -0.15) is 0 Å². The molecule has 3 nitrogen and oxygen atoms in total. The molecule has 1 saturated carbocycles. The van der Waals surface area contributed by atoms with E-state index in [4.69, 9.17) is 15.2 Å². The smallest absolute Gasteiger partial charge is 0.119 e. The molecule has 1 unspecified atom stereocenters. The predicted molar refractivity (Wildman–Crippen MR) is 81.9 cm³/mol. The minimum Gasteiger partial charge on any atom is -0.494 e. The van der Waals surface area contributed by atoms with Crippen molar-refractivity contribution in [2.24, 2.45) is 11.7 Å². The molecular weight excluding hydrogens is 250 g/mol. The van der Waals surface area contributed by atoms with E-state index in [1.807, 2.05) is 19.1 Å². The van der Waals surface area contributed by atoms with Crippen molar-refractivity contribution in [3.8, 4) is 5.75 Å². The minimum absolute atomic E-state index is 0.0734. The van der Waals surface area contributed by atoms with Crippen LogP contribution < -0.4 is 10.5 Å². The highest BCUT2D eigenvalue weighted by atomic mass is 16.5. The fraction of sp³-hybridized carbons (Fsp3) is 0.647. The van der Waals surface area contributed by atoms with E-state index in [0.717, 1.165) is 30.1 Å².